The van der Waals surface area contributed by atoms with Crippen LogP contribution in [-0.2, 0) is 14.4 Å². The number of hydroxylamine groups is 1. The molecule has 0 spiro atoms. The van der Waals surface area contributed by atoms with Crippen LogP contribution in [0.3, 0.4) is 0 Å². The van der Waals surface area contributed by atoms with Gasteiger partial charge in [0.15, 0.2) is 0 Å². The molecule has 0 radical (unpaired) electrons. The molecule has 0 aromatic rings. The van der Waals surface area contributed by atoms with E-state index in [1.165, 1.54) is 0 Å². The number of hydrogen-bond acceptors (Lipinski definition) is 3. The van der Waals surface area contributed by atoms with Crippen LogP contribution in [0, 0.1) is 11.8 Å². The summed E-state index contributed by atoms with van der Waals surface area (Å²) in [5, 5.41) is 8.58. The predicted octanol–water partition coefficient (Wildman–Crippen LogP) is 0.553. The van der Waals surface area contributed by atoms with Crippen molar-refractivity contribution in [2.24, 2.45) is 11.8 Å². The van der Waals surface area contributed by atoms with Gasteiger partial charge in [0.2, 0.25) is 5.91 Å². The molecule has 5 heteroatoms. The fourth-order valence-electron chi connectivity index (χ4n) is 1.04. The van der Waals surface area contributed by atoms with Crippen LogP contribution in [0.1, 0.15) is 27.2 Å². The van der Waals surface area contributed by atoms with Crippen molar-refractivity contribution in [3.8, 4) is 0 Å². The van der Waals surface area contributed by atoms with Crippen molar-refractivity contribution in [3.63, 3.8) is 0 Å². The predicted molar refractivity (Wildman–Crippen MR) is 48.2 cm³/mol. The molecule has 0 aromatic heterocycles. The molecular formula is C9H15NO4. The Balaban J connectivity index is 2.29. The number of carbonyl (C=O) groups is 2. The first kappa shape index (κ1) is 11.0. The van der Waals surface area contributed by atoms with E-state index < -0.39 is 23.4 Å². The Morgan fingerprint density at radius 1 is 1.36 bits per heavy atom. The Hall–Kier alpha value is -1.10. The maximum absolute atomic E-state index is 11.3. The fraction of sp³-hybridized carbons (Fsp3) is 0.778. The Kier molecular flexibility index (Phi) is 2.80. The van der Waals surface area contributed by atoms with Crippen molar-refractivity contribution >= 4 is 11.9 Å². The molecule has 1 rings (SSSR count). The molecule has 5 nitrogen and oxygen atoms in total. The quantitative estimate of drug-likeness (QED) is 0.654. The van der Waals surface area contributed by atoms with Gasteiger partial charge in [-0.05, 0) is 27.2 Å². The van der Waals surface area contributed by atoms with Crippen molar-refractivity contribution in [2.75, 3.05) is 0 Å². The minimum Gasteiger partial charge on any atom is -0.481 e. The second-order valence-corrected chi connectivity index (χ2v) is 4.47. The van der Waals surface area contributed by atoms with Crippen LogP contribution in [0.15, 0.2) is 0 Å². The van der Waals surface area contributed by atoms with Crippen LogP contribution in [0.25, 0.3) is 0 Å². The first-order valence-corrected chi connectivity index (χ1v) is 4.52. The van der Waals surface area contributed by atoms with Crippen LogP contribution in [-0.4, -0.2) is 22.6 Å². The molecular weight excluding hydrogens is 186 g/mol. The molecule has 1 aliphatic carbocycles. The normalized spacial score (nSPS) is 25.6. The van der Waals surface area contributed by atoms with Gasteiger partial charge in [0.05, 0.1) is 17.4 Å². The first-order valence-electron chi connectivity index (χ1n) is 4.52. The minimum atomic E-state index is -0.916. The number of hydrogen-bond donors (Lipinski definition) is 2. The molecule has 0 aromatic carbocycles. The first-order chi connectivity index (χ1) is 6.31. The average molecular weight is 201 g/mol. The Labute approximate surface area is 82.4 Å². The highest BCUT2D eigenvalue weighted by Crippen LogP contribution is 2.38. The van der Waals surface area contributed by atoms with Crippen LogP contribution < -0.4 is 5.48 Å². The van der Waals surface area contributed by atoms with Gasteiger partial charge in [0, 0.05) is 0 Å². The number of carbonyl (C=O) groups excluding carboxylic acids is 1. The molecule has 1 fully saturated rings. The third-order valence-electron chi connectivity index (χ3n) is 1.90. The highest BCUT2D eigenvalue weighted by molar-refractivity contribution is 5.88. The summed E-state index contributed by atoms with van der Waals surface area (Å²) in [5.74, 6) is -2.21. The van der Waals surface area contributed by atoms with Gasteiger partial charge in [-0.1, -0.05) is 0 Å². The van der Waals surface area contributed by atoms with Gasteiger partial charge >= 0.3 is 5.97 Å². The summed E-state index contributed by atoms with van der Waals surface area (Å²) in [7, 11) is 0. The number of amides is 1. The van der Waals surface area contributed by atoms with Gasteiger partial charge in [0.1, 0.15) is 0 Å². The van der Waals surface area contributed by atoms with Gasteiger partial charge in [-0.2, -0.15) is 0 Å². The number of nitrogens with one attached hydrogen (secondary N) is 1. The molecule has 2 N–H and O–H groups in total. The van der Waals surface area contributed by atoms with E-state index >= 15 is 0 Å². The molecule has 80 valence electrons. The summed E-state index contributed by atoms with van der Waals surface area (Å²) in [6, 6.07) is 0. The van der Waals surface area contributed by atoms with E-state index in [9.17, 15) is 9.59 Å². The van der Waals surface area contributed by atoms with E-state index in [0.717, 1.165) is 0 Å². The number of carboxylic acid groups (broad SMARTS) is 1. The van der Waals surface area contributed by atoms with Crippen molar-refractivity contribution in [2.45, 2.75) is 32.8 Å². The molecule has 0 aliphatic heterocycles. The number of carboxylic acids is 1. The third-order valence-corrected chi connectivity index (χ3v) is 1.90. The van der Waals surface area contributed by atoms with E-state index in [2.05, 4.69) is 5.48 Å². The van der Waals surface area contributed by atoms with E-state index in [1.807, 2.05) is 0 Å². The standard InChI is InChI=1S/C9H15NO4/c1-9(2,3)14-10-7(11)5-4-6(5)8(12)13/h5-6H,4H2,1-3H3,(H,10,11)(H,12,13). The second-order valence-electron chi connectivity index (χ2n) is 4.47. The van der Waals surface area contributed by atoms with Crippen molar-refractivity contribution < 1.29 is 19.5 Å². The van der Waals surface area contributed by atoms with E-state index in [1.54, 1.807) is 20.8 Å². The summed E-state index contributed by atoms with van der Waals surface area (Å²) >= 11 is 0. The second kappa shape index (κ2) is 3.57. The van der Waals surface area contributed by atoms with Crippen molar-refractivity contribution in [1.29, 1.82) is 0 Å². The summed E-state index contributed by atoms with van der Waals surface area (Å²) in [5.41, 5.74) is 1.81. The lowest BCUT2D eigenvalue weighted by Gasteiger charge is -2.18. The van der Waals surface area contributed by atoms with Crippen molar-refractivity contribution in [3.05, 3.63) is 0 Å². The number of rotatable bonds is 3. The monoisotopic (exact) mass is 201 g/mol. The summed E-state index contributed by atoms with van der Waals surface area (Å²) in [6.45, 7) is 5.40. The van der Waals surface area contributed by atoms with Gasteiger partial charge in [-0.3, -0.25) is 14.4 Å². The highest BCUT2D eigenvalue weighted by Gasteiger charge is 2.48. The fourth-order valence-corrected chi connectivity index (χ4v) is 1.04. The molecule has 2 atom stereocenters. The topological polar surface area (TPSA) is 75.6 Å². The third kappa shape index (κ3) is 2.99. The summed E-state index contributed by atoms with van der Waals surface area (Å²) in [4.78, 5) is 26.8. The lowest BCUT2D eigenvalue weighted by Crippen LogP contribution is -2.35. The SMILES string of the molecule is CC(C)(C)ONC(=O)C1CC1C(=O)O. The highest BCUT2D eigenvalue weighted by atomic mass is 16.7. The Morgan fingerprint density at radius 2 is 1.93 bits per heavy atom. The van der Waals surface area contributed by atoms with E-state index in [-0.39, 0.29) is 5.91 Å². The van der Waals surface area contributed by atoms with E-state index in [0.29, 0.717) is 6.42 Å². The van der Waals surface area contributed by atoms with Gasteiger partial charge in [0.25, 0.3) is 0 Å². The molecule has 1 saturated carbocycles. The Morgan fingerprint density at radius 3 is 2.29 bits per heavy atom. The lowest BCUT2D eigenvalue weighted by molar-refractivity contribution is -0.149. The zero-order valence-corrected chi connectivity index (χ0v) is 8.53. The number of aliphatic carboxylic acids is 1. The summed E-state index contributed by atoms with van der Waals surface area (Å²) < 4.78 is 0. The van der Waals surface area contributed by atoms with Gasteiger partial charge < -0.3 is 5.11 Å². The minimum absolute atomic E-state index is 0.340. The Bertz CT molecular complexity index is 256. The smallest absolute Gasteiger partial charge is 0.307 e. The molecule has 1 aliphatic rings. The molecule has 14 heavy (non-hydrogen) atoms. The lowest BCUT2D eigenvalue weighted by atomic mass is 10.2. The summed E-state index contributed by atoms with van der Waals surface area (Å²) in [6.07, 6.45) is 0.411. The van der Waals surface area contributed by atoms with Crippen molar-refractivity contribution in [1.82, 2.24) is 5.48 Å². The van der Waals surface area contributed by atoms with Crippen LogP contribution in [0.5, 0.6) is 0 Å². The zero-order valence-electron chi connectivity index (χ0n) is 8.53. The maximum Gasteiger partial charge on any atom is 0.307 e. The molecule has 1 amide bonds. The molecule has 0 heterocycles. The molecule has 0 bridgehead atoms. The molecule has 2 unspecified atom stereocenters. The van der Waals surface area contributed by atoms with Crippen LogP contribution >= 0.6 is 0 Å². The van der Waals surface area contributed by atoms with Gasteiger partial charge in [-0.15, -0.1) is 0 Å². The van der Waals surface area contributed by atoms with Crippen LogP contribution in [0.4, 0.5) is 0 Å². The average Bonchev–Trinajstić information content (AvgIpc) is 2.77. The van der Waals surface area contributed by atoms with Crippen LogP contribution in [0.2, 0.25) is 0 Å². The largest absolute Gasteiger partial charge is 0.481 e. The van der Waals surface area contributed by atoms with E-state index in [4.69, 9.17) is 9.94 Å². The molecule has 0 saturated heterocycles. The van der Waals surface area contributed by atoms with Gasteiger partial charge in [-0.25, -0.2) is 5.48 Å². The maximum atomic E-state index is 11.3. The zero-order chi connectivity index (χ0) is 10.9.